The molecule has 1 amide bonds. The van der Waals surface area contributed by atoms with Gasteiger partial charge in [-0.1, -0.05) is 6.92 Å². The molecular weight excluding hydrogens is 274 g/mol. The Morgan fingerprint density at radius 2 is 1.90 bits per heavy atom. The van der Waals surface area contributed by atoms with Crippen LogP contribution >= 0.6 is 0 Å². The van der Waals surface area contributed by atoms with Gasteiger partial charge >= 0.3 is 0 Å². The first kappa shape index (κ1) is 15.0. The summed E-state index contributed by atoms with van der Waals surface area (Å²) in [4.78, 5) is 14.7. The number of hydrogen-bond acceptors (Lipinski definition) is 3. The molecule has 1 aliphatic rings. The van der Waals surface area contributed by atoms with Gasteiger partial charge in [-0.3, -0.25) is 4.79 Å². The van der Waals surface area contributed by atoms with Crippen molar-refractivity contribution in [1.29, 1.82) is 0 Å². The van der Waals surface area contributed by atoms with Gasteiger partial charge in [0.1, 0.15) is 0 Å². The van der Waals surface area contributed by atoms with Gasteiger partial charge in [0, 0.05) is 24.4 Å². The highest BCUT2D eigenvalue weighted by atomic mass is 32.2. The van der Waals surface area contributed by atoms with Crippen molar-refractivity contribution < 1.29 is 13.2 Å². The molecule has 1 fully saturated rings. The fourth-order valence-corrected chi connectivity index (χ4v) is 3.33. The summed E-state index contributed by atoms with van der Waals surface area (Å²) >= 11 is 0. The zero-order valence-electron chi connectivity index (χ0n) is 12.0. The van der Waals surface area contributed by atoms with Gasteiger partial charge < -0.3 is 4.90 Å². The molecule has 1 aromatic rings. The molecule has 2 rings (SSSR count). The van der Waals surface area contributed by atoms with Gasteiger partial charge in [0.2, 0.25) is 0 Å². The van der Waals surface area contributed by atoms with Crippen LogP contribution in [0.15, 0.2) is 29.2 Å². The lowest BCUT2D eigenvalue weighted by molar-refractivity contribution is 0.0608. The Labute approximate surface area is 120 Å². The first-order chi connectivity index (χ1) is 9.43. The Hall–Kier alpha value is -1.36. The van der Waals surface area contributed by atoms with E-state index in [0.29, 0.717) is 11.6 Å². The quantitative estimate of drug-likeness (QED) is 0.861. The largest absolute Gasteiger partial charge is 0.336 e. The zero-order valence-corrected chi connectivity index (χ0v) is 12.8. The number of amides is 1. The van der Waals surface area contributed by atoms with Crippen LogP contribution in [0.5, 0.6) is 0 Å². The average Bonchev–Trinajstić information content (AvgIpc) is 2.45. The highest BCUT2D eigenvalue weighted by molar-refractivity contribution is 7.90. The van der Waals surface area contributed by atoms with Crippen LogP contribution in [0.2, 0.25) is 0 Å². The number of sulfone groups is 1. The number of carbonyl (C=O) groups is 1. The fraction of sp³-hybridized carbons (Fsp3) is 0.533. The highest BCUT2D eigenvalue weighted by Gasteiger charge is 2.26. The molecule has 0 bridgehead atoms. The van der Waals surface area contributed by atoms with Crippen LogP contribution in [0.4, 0.5) is 0 Å². The summed E-state index contributed by atoms with van der Waals surface area (Å²) < 4.78 is 22.8. The van der Waals surface area contributed by atoms with E-state index >= 15 is 0 Å². The van der Waals surface area contributed by atoms with E-state index in [4.69, 9.17) is 0 Å². The molecule has 1 atom stereocenters. The molecule has 5 heteroatoms. The molecule has 0 aliphatic carbocycles. The SMILES string of the molecule is CCC1CCCCN1C(=O)c1ccc(S(C)(=O)=O)cc1. The van der Waals surface area contributed by atoms with Crippen molar-refractivity contribution in [1.82, 2.24) is 4.90 Å². The lowest BCUT2D eigenvalue weighted by Crippen LogP contribution is -2.43. The standard InChI is InChI=1S/C15H21NO3S/c1-3-13-6-4-5-11-16(13)15(17)12-7-9-14(10-8-12)20(2,18)19/h7-10,13H,3-6,11H2,1-2H3. The van der Waals surface area contributed by atoms with E-state index in [9.17, 15) is 13.2 Å². The third-order valence-electron chi connectivity index (χ3n) is 3.89. The van der Waals surface area contributed by atoms with E-state index in [0.717, 1.165) is 25.8 Å². The van der Waals surface area contributed by atoms with Crippen molar-refractivity contribution in [2.45, 2.75) is 43.5 Å². The first-order valence-corrected chi connectivity index (χ1v) is 8.93. The highest BCUT2D eigenvalue weighted by Crippen LogP contribution is 2.22. The number of carbonyl (C=O) groups excluding carboxylic acids is 1. The van der Waals surface area contributed by atoms with Crippen LogP contribution in [0.3, 0.4) is 0 Å². The number of rotatable bonds is 3. The number of nitrogens with zero attached hydrogens (tertiary/aromatic N) is 1. The minimum atomic E-state index is -3.21. The van der Waals surface area contributed by atoms with Gasteiger partial charge in [-0.25, -0.2) is 8.42 Å². The smallest absolute Gasteiger partial charge is 0.254 e. The normalized spacial score (nSPS) is 19.9. The van der Waals surface area contributed by atoms with Gasteiger partial charge in [-0.05, 0) is 49.9 Å². The van der Waals surface area contributed by atoms with Gasteiger partial charge in [0.15, 0.2) is 9.84 Å². The maximum absolute atomic E-state index is 12.5. The van der Waals surface area contributed by atoms with E-state index in [2.05, 4.69) is 6.92 Å². The molecule has 20 heavy (non-hydrogen) atoms. The molecule has 4 nitrogen and oxygen atoms in total. The minimum Gasteiger partial charge on any atom is -0.336 e. The van der Waals surface area contributed by atoms with E-state index in [1.807, 2.05) is 4.90 Å². The second-order valence-corrected chi connectivity index (χ2v) is 7.37. The predicted octanol–water partition coefficient (Wildman–Crippen LogP) is 2.49. The molecule has 0 aromatic heterocycles. The summed E-state index contributed by atoms with van der Waals surface area (Å²) in [6.07, 6.45) is 5.41. The maximum Gasteiger partial charge on any atom is 0.254 e. The summed E-state index contributed by atoms with van der Waals surface area (Å²) in [5.74, 6) is 0.0107. The van der Waals surface area contributed by atoms with Gasteiger partial charge in [-0.2, -0.15) is 0 Å². The Kier molecular flexibility index (Phi) is 4.48. The second-order valence-electron chi connectivity index (χ2n) is 5.35. The van der Waals surface area contributed by atoms with Crippen LogP contribution < -0.4 is 0 Å². The molecule has 0 spiro atoms. The predicted molar refractivity (Wildman–Crippen MR) is 78.5 cm³/mol. The number of likely N-dealkylation sites (tertiary alicyclic amines) is 1. The van der Waals surface area contributed by atoms with Crippen LogP contribution in [-0.4, -0.2) is 38.1 Å². The van der Waals surface area contributed by atoms with Crippen LogP contribution in [0.25, 0.3) is 0 Å². The topological polar surface area (TPSA) is 54.5 Å². The van der Waals surface area contributed by atoms with Crippen LogP contribution in [0.1, 0.15) is 43.0 Å². The molecule has 0 saturated carbocycles. The van der Waals surface area contributed by atoms with E-state index in [-0.39, 0.29) is 10.8 Å². The van der Waals surface area contributed by atoms with Crippen molar-refractivity contribution in [3.05, 3.63) is 29.8 Å². The van der Waals surface area contributed by atoms with Crippen molar-refractivity contribution in [3.8, 4) is 0 Å². The molecule has 1 saturated heterocycles. The second kappa shape index (κ2) is 5.95. The summed E-state index contributed by atoms with van der Waals surface area (Å²) in [6, 6.07) is 6.55. The Morgan fingerprint density at radius 1 is 1.25 bits per heavy atom. The molecule has 1 unspecified atom stereocenters. The van der Waals surface area contributed by atoms with Crippen molar-refractivity contribution >= 4 is 15.7 Å². The summed E-state index contributed by atoms with van der Waals surface area (Å²) in [6.45, 7) is 2.90. The lowest BCUT2D eigenvalue weighted by atomic mass is 9.99. The van der Waals surface area contributed by atoms with Crippen molar-refractivity contribution in [3.63, 3.8) is 0 Å². The van der Waals surface area contributed by atoms with Crippen molar-refractivity contribution in [2.24, 2.45) is 0 Å². The third-order valence-corrected chi connectivity index (χ3v) is 5.02. The average molecular weight is 295 g/mol. The maximum atomic E-state index is 12.5. The summed E-state index contributed by atoms with van der Waals surface area (Å²) in [7, 11) is -3.21. The molecule has 1 heterocycles. The summed E-state index contributed by atoms with van der Waals surface area (Å²) in [5.41, 5.74) is 0.567. The van der Waals surface area contributed by atoms with Gasteiger partial charge in [0.25, 0.3) is 5.91 Å². The first-order valence-electron chi connectivity index (χ1n) is 7.04. The molecule has 1 aromatic carbocycles. The fourth-order valence-electron chi connectivity index (χ4n) is 2.70. The van der Waals surface area contributed by atoms with E-state index in [1.54, 1.807) is 12.1 Å². The zero-order chi connectivity index (χ0) is 14.8. The summed E-state index contributed by atoms with van der Waals surface area (Å²) in [5, 5.41) is 0. The Bertz CT molecular complexity index is 578. The number of piperidine rings is 1. The monoisotopic (exact) mass is 295 g/mol. The number of benzene rings is 1. The van der Waals surface area contributed by atoms with Gasteiger partial charge in [-0.15, -0.1) is 0 Å². The molecule has 0 N–H and O–H groups in total. The molecule has 0 radical (unpaired) electrons. The lowest BCUT2D eigenvalue weighted by Gasteiger charge is -2.35. The van der Waals surface area contributed by atoms with Crippen LogP contribution in [0, 0.1) is 0 Å². The molecule has 1 aliphatic heterocycles. The number of hydrogen-bond donors (Lipinski definition) is 0. The Balaban J connectivity index is 2.20. The van der Waals surface area contributed by atoms with Gasteiger partial charge in [0.05, 0.1) is 4.90 Å². The Morgan fingerprint density at radius 3 is 2.45 bits per heavy atom. The van der Waals surface area contributed by atoms with E-state index < -0.39 is 9.84 Å². The van der Waals surface area contributed by atoms with E-state index in [1.165, 1.54) is 24.8 Å². The molecular formula is C15H21NO3S. The third kappa shape index (κ3) is 3.20. The molecule has 110 valence electrons. The van der Waals surface area contributed by atoms with Crippen molar-refractivity contribution in [2.75, 3.05) is 12.8 Å². The van der Waals surface area contributed by atoms with Crippen LogP contribution in [-0.2, 0) is 9.84 Å². The minimum absolute atomic E-state index is 0.0107.